The summed E-state index contributed by atoms with van der Waals surface area (Å²) in [5.41, 5.74) is 1.05. The topological polar surface area (TPSA) is 63.6 Å². The first-order valence-corrected chi connectivity index (χ1v) is 6.04. The van der Waals surface area contributed by atoms with Gasteiger partial charge in [0.25, 0.3) is 0 Å². The molecule has 1 aliphatic rings. The van der Waals surface area contributed by atoms with Crippen LogP contribution in [0, 0.1) is 0 Å². The van der Waals surface area contributed by atoms with Gasteiger partial charge in [0.05, 0.1) is 0 Å². The van der Waals surface area contributed by atoms with E-state index in [-0.39, 0.29) is 0 Å². The standard InChI is InChI=1S/C10H11N5S/c1-2-8(1)9-14-15-10(16-9)13-5-7-3-11-6-12-4-7/h3-4,6,8H,1-2,5H2,(H,13,15). The lowest BCUT2D eigenvalue weighted by molar-refractivity contribution is 0.964. The van der Waals surface area contributed by atoms with Gasteiger partial charge in [0.2, 0.25) is 5.13 Å². The molecular formula is C10H11N5S. The van der Waals surface area contributed by atoms with Crippen molar-refractivity contribution in [3.05, 3.63) is 29.3 Å². The van der Waals surface area contributed by atoms with Crippen LogP contribution in [-0.4, -0.2) is 20.2 Å². The summed E-state index contributed by atoms with van der Waals surface area (Å²) < 4.78 is 0. The Bertz CT molecular complexity index is 465. The van der Waals surface area contributed by atoms with Crippen LogP contribution in [0.3, 0.4) is 0 Å². The number of nitrogens with zero attached hydrogens (tertiary/aromatic N) is 4. The molecule has 2 heterocycles. The summed E-state index contributed by atoms with van der Waals surface area (Å²) in [6.45, 7) is 0.695. The fourth-order valence-corrected chi connectivity index (χ4v) is 2.31. The highest BCUT2D eigenvalue weighted by Gasteiger charge is 2.27. The molecule has 3 rings (SSSR count). The molecule has 5 nitrogen and oxygen atoms in total. The van der Waals surface area contributed by atoms with E-state index in [9.17, 15) is 0 Å². The van der Waals surface area contributed by atoms with Gasteiger partial charge in [-0.15, -0.1) is 10.2 Å². The highest BCUT2D eigenvalue weighted by molar-refractivity contribution is 7.15. The van der Waals surface area contributed by atoms with Crippen LogP contribution >= 0.6 is 11.3 Å². The third-order valence-corrected chi connectivity index (χ3v) is 3.47. The summed E-state index contributed by atoms with van der Waals surface area (Å²) in [6, 6.07) is 0. The van der Waals surface area contributed by atoms with Gasteiger partial charge in [0, 0.05) is 30.4 Å². The van der Waals surface area contributed by atoms with Gasteiger partial charge in [-0.05, 0) is 12.8 Å². The number of anilines is 1. The molecule has 0 bridgehead atoms. The number of hydrogen-bond donors (Lipinski definition) is 1. The fraction of sp³-hybridized carbons (Fsp3) is 0.400. The zero-order valence-electron chi connectivity index (χ0n) is 8.63. The molecule has 82 valence electrons. The van der Waals surface area contributed by atoms with E-state index < -0.39 is 0 Å². The maximum Gasteiger partial charge on any atom is 0.205 e. The first-order valence-electron chi connectivity index (χ1n) is 5.23. The number of aromatic nitrogens is 4. The molecule has 1 aliphatic carbocycles. The molecule has 1 N–H and O–H groups in total. The van der Waals surface area contributed by atoms with E-state index in [0.29, 0.717) is 12.5 Å². The van der Waals surface area contributed by atoms with Crippen molar-refractivity contribution in [2.24, 2.45) is 0 Å². The normalized spacial score (nSPS) is 15.0. The average molecular weight is 233 g/mol. The van der Waals surface area contributed by atoms with Crippen LogP contribution in [0.15, 0.2) is 18.7 Å². The number of hydrogen-bond acceptors (Lipinski definition) is 6. The van der Waals surface area contributed by atoms with Crippen LogP contribution in [0.1, 0.15) is 29.3 Å². The number of rotatable bonds is 4. The Labute approximate surface area is 97.0 Å². The van der Waals surface area contributed by atoms with Gasteiger partial charge in [-0.2, -0.15) is 0 Å². The van der Waals surface area contributed by atoms with Gasteiger partial charge in [-0.3, -0.25) is 0 Å². The Morgan fingerprint density at radius 2 is 2.06 bits per heavy atom. The predicted molar refractivity (Wildman–Crippen MR) is 61.2 cm³/mol. The molecule has 2 aromatic heterocycles. The Morgan fingerprint density at radius 3 is 2.81 bits per heavy atom. The SMILES string of the molecule is c1ncc(CNc2nnc(C3CC3)s2)cn1. The lowest BCUT2D eigenvalue weighted by Gasteiger charge is -1.99. The lowest BCUT2D eigenvalue weighted by Crippen LogP contribution is -1.99. The summed E-state index contributed by atoms with van der Waals surface area (Å²) in [7, 11) is 0. The molecule has 0 amide bonds. The smallest absolute Gasteiger partial charge is 0.205 e. The minimum atomic E-state index is 0.674. The molecule has 1 saturated carbocycles. The third-order valence-electron chi connectivity index (χ3n) is 2.43. The molecule has 0 aliphatic heterocycles. The Balaban J connectivity index is 1.61. The van der Waals surface area contributed by atoms with E-state index in [1.165, 1.54) is 19.2 Å². The largest absolute Gasteiger partial charge is 0.356 e. The molecule has 16 heavy (non-hydrogen) atoms. The van der Waals surface area contributed by atoms with Crippen molar-refractivity contribution in [1.29, 1.82) is 0 Å². The van der Waals surface area contributed by atoms with Gasteiger partial charge in [-0.25, -0.2) is 9.97 Å². The van der Waals surface area contributed by atoms with Crippen molar-refractivity contribution in [2.45, 2.75) is 25.3 Å². The molecule has 0 aromatic carbocycles. The van der Waals surface area contributed by atoms with E-state index in [1.54, 1.807) is 23.7 Å². The Kier molecular flexibility index (Phi) is 2.49. The van der Waals surface area contributed by atoms with Gasteiger partial charge >= 0.3 is 0 Å². The summed E-state index contributed by atoms with van der Waals surface area (Å²) in [5.74, 6) is 0.674. The van der Waals surface area contributed by atoms with Crippen molar-refractivity contribution in [3.63, 3.8) is 0 Å². The van der Waals surface area contributed by atoms with E-state index in [1.807, 2.05) is 0 Å². The van der Waals surface area contributed by atoms with Crippen LogP contribution in [0.5, 0.6) is 0 Å². The highest BCUT2D eigenvalue weighted by atomic mass is 32.1. The summed E-state index contributed by atoms with van der Waals surface area (Å²) in [6.07, 6.45) is 7.65. The van der Waals surface area contributed by atoms with E-state index in [4.69, 9.17) is 0 Å². The second-order valence-electron chi connectivity index (χ2n) is 3.82. The monoisotopic (exact) mass is 233 g/mol. The van der Waals surface area contributed by atoms with Crippen molar-refractivity contribution in [3.8, 4) is 0 Å². The van der Waals surface area contributed by atoms with Crippen molar-refractivity contribution in [2.75, 3.05) is 5.32 Å². The summed E-state index contributed by atoms with van der Waals surface area (Å²) in [4.78, 5) is 7.91. The molecule has 6 heteroatoms. The molecule has 1 fully saturated rings. The van der Waals surface area contributed by atoms with Crippen molar-refractivity contribution in [1.82, 2.24) is 20.2 Å². The summed E-state index contributed by atoms with van der Waals surface area (Å²) >= 11 is 1.65. The minimum absolute atomic E-state index is 0.674. The maximum atomic E-state index is 4.17. The lowest BCUT2D eigenvalue weighted by atomic mass is 10.3. The second kappa shape index (κ2) is 4.13. The van der Waals surface area contributed by atoms with Gasteiger partial charge in [0.15, 0.2) is 0 Å². The van der Waals surface area contributed by atoms with E-state index in [0.717, 1.165) is 15.7 Å². The molecule has 0 unspecified atom stereocenters. The first kappa shape index (κ1) is 9.65. The van der Waals surface area contributed by atoms with Crippen molar-refractivity contribution < 1.29 is 0 Å². The molecular weight excluding hydrogens is 222 g/mol. The van der Waals surface area contributed by atoms with Gasteiger partial charge in [0.1, 0.15) is 11.3 Å². The zero-order chi connectivity index (χ0) is 10.8. The summed E-state index contributed by atoms with van der Waals surface area (Å²) in [5, 5.41) is 13.5. The molecule has 0 saturated heterocycles. The van der Waals surface area contributed by atoms with Crippen LogP contribution in [0.4, 0.5) is 5.13 Å². The maximum absolute atomic E-state index is 4.17. The van der Waals surface area contributed by atoms with Gasteiger partial charge < -0.3 is 5.32 Å². The number of nitrogens with one attached hydrogen (secondary N) is 1. The van der Waals surface area contributed by atoms with Crippen LogP contribution in [0.2, 0.25) is 0 Å². The average Bonchev–Trinajstić information content (AvgIpc) is 3.08. The predicted octanol–water partition coefficient (Wildman–Crippen LogP) is 1.82. The first-order chi connectivity index (χ1) is 7.92. The quantitative estimate of drug-likeness (QED) is 0.872. The molecule has 0 atom stereocenters. The third kappa shape index (κ3) is 2.16. The zero-order valence-corrected chi connectivity index (χ0v) is 9.44. The minimum Gasteiger partial charge on any atom is -0.356 e. The van der Waals surface area contributed by atoms with Crippen LogP contribution in [-0.2, 0) is 6.54 Å². The van der Waals surface area contributed by atoms with Crippen molar-refractivity contribution >= 4 is 16.5 Å². The van der Waals surface area contributed by atoms with Crippen LogP contribution in [0.25, 0.3) is 0 Å². The molecule has 2 aromatic rings. The molecule has 0 radical (unpaired) electrons. The fourth-order valence-electron chi connectivity index (χ4n) is 1.40. The van der Waals surface area contributed by atoms with Crippen LogP contribution < -0.4 is 5.32 Å². The molecule has 0 spiro atoms. The van der Waals surface area contributed by atoms with E-state index in [2.05, 4.69) is 25.5 Å². The Morgan fingerprint density at radius 1 is 1.25 bits per heavy atom. The second-order valence-corrected chi connectivity index (χ2v) is 4.83. The Hall–Kier alpha value is -1.56. The highest BCUT2D eigenvalue weighted by Crippen LogP contribution is 2.42. The van der Waals surface area contributed by atoms with E-state index >= 15 is 0 Å². The van der Waals surface area contributed by atoms with Gasteiger partial charge in [-0.1, -0.05) is 11.3 Å².